The molecular formula is C16H22N4OS. The van der Waals surface area contributed by atoms with Gasteiger partial charge in [0.15, 0.2) is 0 Å². The summed E-state index contributed by atoms with van der Waals surface area (Å²) in [7, 11) is 0. The lowest BCUT2D eigenvalue weighted by molar-refractivity contribution is 0.0710. The number of likely N-dealkylation sites (tertiary alicyclic amines) is 1. The largest absolute Gasteiger partial charge is 0.339 e. The van der Waals surface area contributed by atoms with E-state index in [0.717, 1.165) is 48.7 Å². The quantitative estimate of drug-likeness (QED) is 0.874. The highest BCUT2D eigenvalue weighted by atomic mass is 32.1. The number of hydrogen-bond acceptors (Lipinski definition) is 4. The highest BCUT2D eigenvalue weighted by Crippen LogP contribution is 2.29. The van der Waals surface area contributed by atoms with E-state index in [9.17, 15) is 4.79 Å². The Morgan fingerprint density at radius 2 is 2.09 bits per heavy atom. The summed E-state index contributed by atoms with van der Waals surface area (Å²) in [5, 5.41) is 8.29. The van der Waals surface area contributed by atoms with Gasteiger partial charge in [0, 0.05) is 35.3 Å². The Bertz CT molecular complexity index is 667. The summed E-state index contributed by atoms with van der Waals surface area (Å²) in [6, 6.07) is 2.02. The minimum absolute atomic E-state index is 0.178. The average molecular weight is 318 g/mol. The SMILES string of the molecule is CCn1cnnc1C1CCN(C(=O)c2cc(C)sc2C)CC1. The zero-order chi connectivity index (χ0) is 15.7. The summed E-state index contributed by atoms with van der Waals surface area (Å²) in [4.78, 5) is 17.0. The van der Waals surface area contributed by atoms with E-state index < -0.39 is 0 Å². The molecule has 0 N–H and O–H groups in total. The summed E-state index contributed by atoms with van der Waals surface area (Å²) in [6.07, 6.45) is 3.73. The van der Waals surface area contributed by atoms with Crippen LogP contribution >= 0.6 is 11.3 Å². The number of nitrogens with zero attached hydrogens (tertiary/aromatic N) is 4. The van der Waals surface area contributed by atoms with Gasteiger partial charge in [-0.05, 0) is 39.7 Å². The molecular weight excluding hydrogens is 296 g/mol. The fourth-order valence-electron chi connectivity index (χ4n) is 3.18. The second-order valence-corrected chi connectivity index (χ2v) is 7.33. The van der Waals surface area contributed by atoms with Crippen molar-refractivity contribution in [2.24, 2.45) is 0 Å². The Morgan fingerprint density at radius 3 is 2.68 bits per heavy atom. The lowest BCUT2D eigenvalue weighted by Gasteiger charge is -2.31. The number of carbonyl (C=O) groups excluding carboxylic acids is 1. The van der Waals surface area contributed by atoms with Gasteiger partial charge >= 0.3 is 0 Å². The number of amides is 1. The van der Waals surface area contributed by atoms with Crippen LogP contribution in [0.2, 0.25) is 0 Å². The van der Waals surface area contributed by atoms with Crippen molar-refractivity contribution in [1.29, 1.82) is 0 Å². The third-order valence-corrected chi connectivity index (χ3v) is 5.37. The van der Waals surface area contributed by atoms with Crippen LogP contribution in [0.5, 0.6) is 0 Å². The molecule has 0 atom stereocenters. The highest BCUT2D eigenvalue weighted by Gasteiger charge is 2.28. The maximum Gasteiger partial charge on any atom is 0.254 e. The molecule has 0 aliphatic carbocycles. The van der Waals surface area contributed by atoms with E-state index in [-0.39, 0.29) is 5.91 Å². The summed E-state index contributed by atoms with van der Waals surface area (Å²) < 4.78 is 2.11. The van der Waals surface area contributed by atoms with Gasteiger partial charge in [-0.3, -0.25) is 4.79 Å². The molecule has 1 fully saturated rings. The number of rotatable bonds is 3. The van der Waals surface area contributed by atoms with Crippen LogP contribution in [0.4, 0.5) is 0 Å². The van der Waals surface area contributed by atoms with Crippen molar-refractivity contribution < 1.29 is 4.79 Å². The monoisotopic (exact) mass is 318 g/mol. The second-order valence-electron chi connectivity index (χ2n) is 5.87. The van der Waals surface area contributed by atoms with Gasteiger partial charge in [-0.2, -0.15) is 0 Å². The first kappa shape index (κ1) is 15.2. The molecule has 2 aromatic heterocycles. The van der Waals surface area contributed by atoms with Gasteiger partial charge in [0.1, 0.15) is 12.2 Å². The second kappa shape index (κ2) is 6.20. The molecule has 0 saturated carbocycles. The molecule has 22 heavy (non-hydrogen) atoms. The third kappa shape index (κ3) is 2.79. The zero-order valence-corrected chi connectivity index (χ0v) is 14.2. The number of aromatic nitrogens is 3. The molecule has 3 heterocycles. The molecule has 1 amide bonds. The number of carbonyl (C=O) groups is 1. The van der Waals surface area contributed by atoms with Crippen molar-refractivity contribution in [3.8, 4) is 0 Å². The van der Waals surface area contributed by atoms with Crippen molar-refractivity contribution >= 4 is 17.2 Å². The number of piperidine rings is 1. The predicted molar refractivity (Wildman–Crippen MR) is 87.4 cm³/mol. The highest BCUT2D eigenvalue weighted by molar-refractivity contribution is 7.12. The number of thiophene rings is 1. The van der Waals surface area contributed by atoms with E-state index in [4.69, 9.17) is 0 Å². The van der Waals surface area contributed by atoms with Crippen molar-refractivity contribution in [1.82, 2.24) is 19.7 Å². The van der Waals surface area contributed by atoms with Crippen LogP contribution in [0.15, 0.2) is 12.4 Å². The Morgan fingerprint density at radius 1 is 1.36 bits per heavy atom. The maximum absolute atomic E-state index is 12.6. The molecule has 118 valence electrons. The van der Waals surface area contributed by atoms with E-state index in [0.29, 0.717) is 5.92 Å². The number of hydrogen-bond donors (Lipinski definition) is 0. The Balaban J connectivity index is 1.67. The van der Waals surface area contributed by atoms with Crippen molar-refractivity contribution in [2.45, 2.75) is 46.1 Å². The van der Waals surface area contributed by atoms with Crippen LogP contribution in [0, 0.1) is 13.8 Å². The van der Waals surface area contributed by atoms with Gasteiger partial charge in [0.05, 0.1) is 5.56 Å². The molecule has 1 saturated heterocycles. The zero-order valence-electron chi connectivity index (χ0n) is 13.4. The van der Waals surface area contributed by atoms with E-state index in [2.05, 4.69) is 28.6 Å². The van der Waals surface area contributed by atoms with Gasteiger partial charge in [-0.15, -0.1) is 21.5 Å². The van der Waals surface area contributed by atoms with Crippen molar-refractivity contribution in [3.63, 3.8) is 0 Å². The van der Waals surface area contributed by atoms with Crippen LogP contribution in [-0.2, 0) is 6.54 Å². The molecule has 0 aromatic carbocycles. The maximum atomic E-state index is 12.6. The van der Waals surface area contributed by atoms with Gasteiger partial charge < -0.3 is 9.47 Å². The summed E-state index contributed by atoms with van der Waals surface area (Å²) in [5.74, 6) is 1.66. The van der Waals surface area contributed by atoms with Gasteiger partial charge in [0.25, 0.3) is 5.91 Å². The topological polar surface area (TPSA) is 51.0 Å². The first-order chi connectivity index (χ1) is 10.6. The Labute approximate surface area is 135 Å². The molecule has 0 spiro atoms. The lowest BCUT2D eigenvalue weighted by atomic mass is 9.95. The van der Waals surface area contributed by atoms with Crippen molar-refractivity contribution in [2.75, 3.05) is 13.1 Å². The molecule has 0 unspecified atom stereocenters. The standard InChI is InChI=1S/C16H22N4OS/c1-4-19-10-17-18-15(19)13-5-7-20(8-6-13)16(21)14-9-11(2)22-12(14)3/h9-10,13H,4-8H2,1-3H3. The van der Waals surface area contributed by atoms with Crippen LogP contribution in [0.25, 0.3) is 0 Å². The average Bonchev–Trinajstić information content (AvgIpc) is 3.12. The normalized spacial score (nSPS) is 16.2. The first-order valence-electron chi connectivity index (χ1n) is 7.84. The Kier molecular flexibility index (Phi) is 4.29. The third-order valence-electron chi connectivity index (χ3n) is 4.40. The van der Waals surface area contributed by atoms with Gasteiger partial charge in [-0.25, -0.2) is 0 Å². The lowest BCUT2D eigenvalue weighted by Crippen LogP contribution is -2.38. The van der Waals surface area contributed by atoms with Crippen LogP contribution in [0.1, 0.15) is 51.6 Å². The fraction of sp³-hybridized carbons (Fsp3) is 0.562. The van der Waals surface area contributed by atoms with Crippen LogP contribution in [-0.4, -0.2) is 38.7 Å². The van der Waals surface area contributed by atoms with Gasteiger partial charge in [0.2, 0.25) is 0 Å². The predicted octanol–water partition coefficient (Wildman–Crippen LogP) is 3.00. The molecule has 1 aliphatic rings. The van der Waals surface area contributed by atoms with Crippen LogP contribution in [0.3, 0.4) is 0 Å². The molecule has 0 bridgehead atoms. The molecule has 3 rings (SSSR count). The minimum Gasteiger partial charge on any atom is -0.339 e. The van der Waals surface area contributed by atoms with E-state index >= 15 is 0 Å². The smallest absolute Gasteiger partial charge is 0.254 e. The Hall–Kier alpha value is -1.69. The van der Waals surface area contributed by atoms with E-state index in [1.165, 1.54) is 4.88 Å². The number of aryl methyl sites for hydroxylation is 3. The van der Waals surface area contributed by atoms with Crippen molar-refractivity contribution in [3.05, 3.63) is 33.5 Å². The summed E-state index contributed by atoms with van der Waals surface area (Å²) in [5.41, 5.74) is 0.873. The molecule has 6 heteroatoms. The van der Waals surface area contributed by atoms with Crippen LogP contribution < -0.4 is 0 Å². The van der Waals surface area contributed by atoms with E-state index in [1.807, 2.05) is 17.9 Å². The molecule has 2 aromatic rings. The summed E-state index contributed by atoms with van der Waals surface area (Å²) in [6.45, 7) is 8.69. The molecule has 0 radical (unpaired) electrons. The van der Waals surface area contributed by atoms with E-state index in [1.54, 1.807) is 17.7 Å². The van der Waals surface area contributed by atoms with Gasteiger partial charge in [-0.1, -0.05) is 0 Å². The summed E-state index contributed by atoms with van der Waals surface area (Å²) >= 11 is 1.70. The first-order valence-corrected chi connectivity index (χ1v) is 8.65. The fourth-order valence-corrected chi connectivity index (χ4v) is 4.09. The molecule has 5 nitrogen and oxygen atoms in total. The minimum atomic E-state index is 0.178. The molecule has 1 aliphatic heterocycles.